The number of nitrogens with zero attached hydrogens (tertiary/aromatic N) is 2. The first kappa shape index (κ1) is 33.9. The Morgan fingerprint density at radius 3 is 2.57 bits per heavy atom. The van der Waals surface area contributed by atoms with Crippen LogP contribution in [0.2, 0.25) is 0 Å². The number of carbonyl (C=O) groups excluding carboxylic acids is 2. The van der Waals surface area contributed by atoms with E-state index in [-0.39, 0.29) is 37.4 Å². The molecule has 4 atom stereocenters. The molecule has 2 fully saturated rings. The summed E-state index contributed by atoms with van der Waals surface area (Å²) >= 11 is 0. The highest BCUT2D eigenvalue weighted by Gasteiger charge is 2.60. The number of phosphoric ester groups is 1. The molecule has 0 amide bonds. The van der Waals surface area contributed by atoms with E-state index in [0.717, 1.165) is 0 Å². The molecule has 0 radical (unpaired) electrons. The SMILES string of the molecule is CCOc1c(C)c(N)nc2c1C=C=CN2[C@@H]1OC(COP2(=O)OCC(CC(=O)OC(C)C)CO2)[C@@H](OC(=O)C(C)C)[C@@]1(C)F. The number of nitrogen functional groups attached to an aromatic ring is 1. The van der Waals surface area contributed by atoms with E-state index in [1.54, 1.807) is 40.7 Å². The van der Waals surface area contributed by atoms with Crippen LogP contribution in [0, 0.1) is 18.8 Å². The monoisotopic (exact) mass is 641 g/mol. The molecule has 44 heavy (non-hydrogen) atoms. The van der Waals surface area contributed by atoms with Gasteiger partial charge in [-0.25, -0.2) is 13.9 Å². The Balaban J connectivity index is 1.55. The molecule has 1 aromatic heterocycles. The van der Waals surface area contributed by atoms with Gasteiger partial charge in [-0.1, -0.05) is 13.8 Å². The molecular formula is C29H41FN3O10P. The number of nitrogens with two attached hydrogens (primary N) is 1. The van der Waals surface area contributed by atoms with Crippen molar-refractivity contribution in [1.82, 2.24) is 4.98 Å². The van der Waals surface area contributed by atoms with E-state index in [0.29, 0.717) is 23.5 Å². The molecule has 0 aromatic carbocycles. The topological polar surface area (TPSA) is 158 Å². The fraction of sp³-hybridized carbons (Fsp3) is 0.655. The maximum atomic E-state index is 16.8. The van der Waals surface area contributed by atoms with Gasteiger partial charge in [0.2, 0.25) is 0 Å². The van der Waals surface area contributed by atoms with Gasteiger partial charge in [0.15, 0.2) is 18.0 Å². The number of alkyl halides is 1. The number of halogens is 1. The molecular weight excluding hydrogens is 600 g/mol. The number of carbonyl (C=O) groups is 2. The van der Waals surface area contributed by atoms with Crippen LogP contribution < -0.4 is 15.4 Å². The molecule has 4 rings (SSSR count). The van der Waals surface area contributed by atoms with Crippen LogP contribution in [0.15, 0.2) is 11.9 Å². The third kappa shape index (κ3) is 7.28. The van der Waals surface area contributed by atoms with Crippen molar-refractivity contribution in [3.05, 3.63) is 23.1 Å². The van der Waals surface area contributed by atoms with Crippen molar-refractivity contribution in [3.63, 3.8) is 0 Å². The average molecular weight is 642 g/mol. The number of hydrogen-bond donors (Lipinski definition) is 1. The van der Waals surface area contributed by atoms with Crippen molar-refractivity contribution in [2.45, 2.75) is 85.1 Å². The Labute approximate surface area is 256 Å². The van der Waals surface area contributed by atoms with Crippen molar-refractivity contribution in [1.29, 1.82) is 0 Å². The third-order valence-corrected chi connectivity index (χ3v) is 8.61. The Morgan fingerprint density at radius 2 is 1.95 bits per heavy atom. The summed E-state index contributed by atoms with van der Waals surface area (Å²) in [5, 5.41) is 0. The van der Waals surface area contributed by atoms with Crippen molar-refractivity contribution in [2.75, 3.05) is 37.1 Å². The third-order valence-electron chi connectivity index (χ3n) is 7.22. The van der Waals surface area contributed by atoms with Gasteiger partial charge in [-0.2, -0.15) is 0 Å². The van der Waals surface area contributed by atoms with Gasteiger partial charge in [-0.05, 0) is 40.7 Å². The molecule has 0 bridgehead atoms. The molecule has 3 aliphatic heterocycles. The highest BCUT2D eigenvalue weighted by Crippen LogP contribution is 2.54. The zero-order chi connectivity index (χ0) is 32.4. The number of rotatable bonds is 11. The minimum atomic E-state index is -4.11. The maximum absolute atomic E-state index is 16.8. The number of pyridine rings is 1. The summed E-state index contributed by atoms with van der Waals surface area (Å²) in [7, 11) is -4.11. The molecule has 1 aromatic rings. The van der Waals surface area contributed by atoms with E-state index in [4.69, 9.17) is 38.3 Å². The fourth-order valence-electron chi connectivity index (χ4n) is 4.95. The van der Waals surface area contributed by atoms with Crippen molar-refractivity contribution >= 4 is 37.5 Å². The van der Waals surface area contributed by atoms with E-state index in [1.165, 1.54) is 18.0 Å². The summed E-state index contributed by atoms with van der Waals surface area (Å²) in [6.07, 6.45) is -1.26. The molecule has 3 aliphatic rings. The standard InChI is InChI=1S/C29H41FN3O10P/c1-8-37-23-18(6)25(31)32-26-20(23)10-9-11-33(26)28-29(7,30)24(43-27(35)16(2)3)21(42-28)15-40-44(36)38-13-19(14-39-44)12-22(34)41-17(4)5/h10-11,16-17,19,21,24,28H,8,12-15H2,1-7H3,(H2,31,32)/t19?,21?,24-,28-,29-,44?/m1/s1. The number of hydrogen-bond acceptors (Lipinski definition) is 13. The van der Waals surface area contributed by atoms with Gasteiger partial charge in [0.05, 0.1) is 56.6 Å². The number of anilines is 2. The molecule has 0 aliphatic carbocycles. The van der Waals surface area contributed by atoms with Crippen molar-refractivity contribution in [2.24, 2.45) is 11.8 Å². The smallest absolute Gasteiger partial charge is 0.474 e. The van der Waals surface area contributed by atoms with E-state index in [9.17, 15) is 14.2 Å². The van der Waals surface area contributed by atoms with Crippen LogP contribution in [0.1, 0.15) is 59.1 Å². The Hall–Kier alpha value is -2.99. The van der Waals surface area contributed by atoms with E-state index < -0.39 is 62.3 Å². The molecule has 0 spiro atoms. The Kier molecular flexibility index (Phi) is 10.4. The first-order valence-electron chi connectivity index (χ1n) is 14.6. The highest BCUT2D eigenvalue weighted by atomic mass is 31.2. The number of ether oxygens (including phenoxy) is 4. The maximum Gasteiger partial charge on any atom is 0.474 e. The zero-order valence-electron chi connectivity index (χ0n) is 26.0. The average Bonchev–Trinajstić information content (AvgIpc) is 3.19. The summed E-state index contributed by atoms with van der Waals surface area (Å²) in [5.41, 5.74) is 7.97. The highest BCUT2D eigenvalue weighted by molar-refractivity contribution is 7.48. The summed E-state index contributed by atoms with van der Waals surface area (Å²) in [6.45, 7) is 11.2. The van der Waals surface area contributed by atoms with Crippen molar-refractivity contribution < 1.29 is 51.1 Å². The minimum absolute atomic E-state index is 0.0153. The predicted octanol–water partition coefficient (Wildman–Crippen LogP) is 4.47. The lowest BCUT2D eigenvalue weighted by molar-refractivity contribution is -0.162. The van der Waals surface area contributed by atoms with E-state index in [1.807, 2.05) is 6.92 Å². The lowest BCUT2D eigenvalue weighted by Gasteiger charge is -2.35. The van der Waals surface area contributed by atoms with Gasteiger partial charge in [-0.3, -0.25) is 28.1 Å². The van der Waals surface area contributed by atoms with Crippen LogP contribution in [-0.4, -0.2) is 73.6 Å². The number of phosphoric acid groups is 1. The van der Waals surface area contributed by atoms with Crippen LogP contribution in [-0.2, 0) is 41.9 Å². The predicted molar refractivity (Wildman–Crippen MR) is 157 cm³/mol. The number of fused-ring (bicyclic) bond motifs is 1. The van der Waals surface area contributed by atoms with Gasteiger partial charge in [0.1, 0.15) is 23.5 Å². The molecule has 2 N–H and O–H groups in total. The fourth-order valence-corrected chi connectivity index (χ4v) is 6.29. The van der Waals surface area contributed by atoms with Crippen LogP contribution in [0.3, 0.4) is 0 Å². The second-order valence-corrected chi connectivity index (χ2v) is 13.3. The quantitative estimate of drug-likeness (QED) is 0.205. The molecule has 244 valence electrons. The molecule has 4 heterocycles. The molecule has 2 saturated heterocycles. The second kappa shape index (κ2) is 13.6. The van der Waals surface area contributed by atoms with Gasteiger partial charge < -0.3 is 24.7 Å². The minimum Gasteiger partial charge on any atom is -0.493 e. The van der Waals surface area contributed by atoms with Crippen LogP contribution in [0.25, 0.3) is 6.08 Å². The Bertz CT molecular complexity index is 1350. The molecule has 0 saturated carbocycles. The van der Waals surface area contributed by atoms with Gasteiger partial charge in [0, 0.05) is 11.5 Å². The molecule has 1 unspecified atom stereocenters. The normalized spacial score (nSPS) is 29.6. The van der Waals surface area contributed by atoms with Crippen LogP contribution in [0.4, 0.5) is 16.0 Å². The zero-order valence-corrected chi connectivity index (χ0v) is 26.9. The molecule has 13 nitrogen and oxygen atoms in total. The lowest BCUT2D eigenvalue weighted by atomic mass is 9.96. The van der Waals surface area contributed by atoms with Gasteiger partial charge >= 0.3 is 19.8 Å². The summed E-state index contributed by atoms with van der Waals surface area (Å²) in [4.78, 5) is 30.5. The summed E-state index contributed by atoms with van der Waals surface area (Å²) in [6, 6.07) is 0. The van der Waals surface area contributed by atoms with E-state index >= 15 is 4.39 Å². The number of aromatic nitrogens is 1. The summed E-state index contributed by atoms with van der Waals surface area (Å²) in [5.74, 6) is -1.13. The van der Waals surface area contributed by atoms with E-state index in [2.05, 4.69) is 10.7 Å². The van der Waals surface area contributed by atoms with Gasteiger partial charge in [-0.15, -0.1) is 5.73 Å². The summed E-state index contributed by atoms with van der Waals surface area (Å²) < 4.78 is 69.0. The van der Waals surface area contributed by atoms with Crippen molar-refractivity contribution in [3.8, 4) is 5.75 Å². The first-order chi connectivity index (χ1) is 20.7. The second-order valence-electron chi connectivity index (χ2n) is 11.6. The van der Waals surface area contributed by atoms with Crippen LogP contribution >= 0.6 is 7.82 Å². The molecule has 15 heteroatoms. The van der Waals surface area contributed by atoms with Crippen LogP contribution in [0.5, 0.6) is 5.75 Å². The number of esters is 2. The van der Waals surface area contributed by atoms with Gasteiger partial charge in [0.25, 0.3) is 0 Å². The lowest BCUT2D eigenvalue weighted by Crippen LogP contribution is -2.51. The largest absolute Gasteiger partial charge is 0.493 e. The Morgan fingerprint density at radius 1 is 1.27 bits per heavy atom. The first-order valence-corrected chi connectivity index (χ1v) is 16.0.